The Kier molecular flexibility index (Phi) is 7.87. The lowest BCUT2D eigenvalue weighted by Crippen LogP contribution is -2.42. The number of aliphatic hydroxyl groups is 1. The minimum Gasteiger partial charge on any atom is -0.497 e. The van der Waals surface area contributed by atoms with E-state index in [-0.39, 0.29) is 12.5 Å². The van der Waals surface area contributed by atoms with Crippen LogP contribution in [0.1, 0.15) is 36.6 Å². The van der Waals surface area contributed by atoms with Crippen LogP contribution in [-0.4, -0.2) is 53.3 Å². The van der Waals surface area contributed by atoms with Crippen LogP contribution in [0.5, 0.6) is 5.75 Å². The van der Waals surface area contributed by atoms with Crippen molar-refractivity contribution in [1.29, 1.82) is 0 Å². The summed E-state index contributed by atoms with van der Waals surface area (Å²) in [4.78, 5) is 10.6. The van der Waals surface area contributed by atoms with E-state index >= 15 is 4.39 Å². The first kappa shape index (κ1) is 23.2. The van der Waals surface area contributed by atoms with Crippen LogP contribution < -0.4 is 4.74 Å². The molecule has 0 radical (unpaired) electrons. The molecule has 3 atom stereocenters. The van der Waals surface area contributed by atoms with Gasteiger partial charge in [0.15, 0.2) is 0 Å². The molecule has 1 aromatic carbocycles. The fraction of sp³-hybridized carbons (Fsp3) is 0.407. The Morgan fingerprint density at radius 2 is 2.03 bits per heavy atom. The van der Waals surface area contributed by atoms with Gasteiger partial charge in [0, 0.05) is 42.7 Å². The number of pyridine rings is 2. The normalized spacial score (nSPS) is 19.6. The van der Waals surface area contributed by atoms with Crippen LogP contribution in [0.25, 0.3) is 10.9 Å². The van der Waals surface area contributed by atoms with Gasteiger partial charge in [-0.1, -0.05) is 11.8 Å². The number of aromatic nitrogens is 2. The number of hydrogen-bond donors (Lipinski definition) is 1. The third-order valence-corrected chi connectivity index (χ3v) is 6.54. The number of rotatable bonds is 7. The number of likely N-dealkylation sites (tertiary alicyclic amines) is 1. The fourth-order valence-electron chi connectivity index (χ4n) is 4.64. The maximum atomic E-state index is 15.3. The number of piperidine rings is 1. The first-order valence-electron chi connectivity index (χ1n) is 11.5. The molecule has 1 unspecified atom stereocenters. The molecule has 1 aliphatic rings. The van der Waals surface area contributed by atoms with Crippen LogP contribution >= 0.6 is 0 Å². The highest BCUT2D eigenvalue weighted by Gasteiger charge is 2.29. The summed E-state index contributed by atoms with van der Waals surface area (Å²) in [7, 11) is 1.61. The predicted molar refractivity (Wildman–Crippen MR) is 128 cm³/mol. The van der Waals surface area contributed by atoms with Crippen molar-refractivity contribution in [3.05, 3.63) is 66.1 Å². The van der Waals surface area contributed by atoms with Gasteiger partial charge in [0.2, 0.25) is 0 Å². The second-order valence-corrected chi connectivity index (χ2v) is 8.59. The molecule has 6 heteroatoms. The molecule has 0 spiro atoms. The largest absolute Gasteiger partial charge is 0.497 e. The van der Waals surface area contributed by atoms with Gasteiger partial charge in [0.25, 0.3) is 0 Å². The highest BCUT2D eigenvalue weighted by atomic mass is 19.1. The number of halogens is 1. The number of ether oxygens (including phenoxy) is 1. The highest BCUT2D eigenvalue weighted by Crippen LogP contribution is 2.35. The van der Waals surface area contributed by atoms with Crippen molar-refractivity contribution in [3.8, 4) is 17.6 Å². The van der Waals surface area contributed by atoms with Crippen LogP contribution in [0.3, 0.4) is 0 Å². The number of hydrogen-bond acceptors (Lipinski definition) is 5. The molecular formula is C27H30FN3O2. The summed E-state index contributed by atoms with van der Waals surface area (Å²) in [6.45, 7) is 2.49. The SMILES string of the molecule is COc1ccc2nccc(C(F)CC[C@@H]3CCN(CC#Cc4ccncc4)C[C@@H]3CO)c2c1. The van der Waals surface area contributed by atoms with Crippen molar-refractivity contribution in [2.45, 2.75) is 25.4 Å². The molecule has 1 N–H and O–H groups in total. The topological polar surface area (TPSA) is 58.5 Å². The number of nitrogens with zero attached hydrogens (tertiary/aromatic N) is 3. The standard InChI is InChI=1S/C27H30FN3O2/c1-33-23-5-7-27-25(17-23)24(10-14-30-27)26(28)6-4-21-11-16-31(18-22(21)19-32)15-2-3-20-8-12-29-13-9-20/h5,7-10,12-14,17,21-22,26,32H,4,6,11,15-16,18-19H2,1H3/t21-,22-,26?/m1/s1. The van der Waals surface area contributed by atoms with Gasteiger partial charge in [-0.3, -0.25) is 14.9 Å². The Hall–Kier alpha value is -3.01. The second kappa shape index (κ2) is 11.2. The van der Waals surface area contributed by atoms with Crippen molar-refractivity contribution in [2.75, 3.05) is 33.4 Å². The van der Waals surface area contributed by atoms with E-state index in [9.17, 15) is 5.11 Å². The van der Waals surface area contributed by atoms with E-state index in [0.717, 1.165) is 42.4 Å². The van der Waals surface area contributed by atoms with E-state index in [1.54, 1.807) is 31.8 Å². The number of alkyl halides is 1. The van der Waals surface area contributed by atoms with Crippen molar-refractivity contribution >= 4 is 10.9 Å². The van der Waals surface area contributed by atoms with E-state index in [1.807, 2.05) is 30.3 Å². The zero-order valence-corrected chi connectivity index (χ0v) is 19.0. The average Bonchev–Trinajstić information content (AvgIpc) is 2.87. The molecule has 1 saturated heterocycles. The van der Waals surface area contributed by atoms with E-state index in [1.165, 1.54) is 0 Å². The van der Waals surface area contributed by atoms with Crippen LogP contribution in [0.2, 0.25) is 0 Å². The predicted octanol–water partition coefficient (Wildman–Crippen LogP) is 4.41. The summed E-state index contributed by atoms with van der Waals surface area (Å²) in [5.74, 6) is 7.52. The van der Waals surface area contributed by atoms with E-state index in [2.05, 4.69) is 26.7 Å². The zero-order chi connectivity index (χ0) is 23.0. The number of methoxy groups -OCH3 is 1. The van der Waals surface area contributed by atoms with Gasteiger partial charge in [0.1, 0.15) is 11.9 Å². The monoisotopic (exact) mass is 447 g/mol. The molecule has 0 aliphatic carbocycles. The molecule has 3 aromatic rings. The van der Waals surface area contributed by atoms with Crippen molar-refractivity contribution in [3.63, 3.8) is 0 Å². The van der Waals surface area contributed by atoms with Gasteiger partial charge in [-0.25, -0.2) is 4.39 Å². The Morgan fingerprint density at radius 3 is 2.82 bits per heavy atom. The summed E-state index contributed by atoms with van der Waals surface area (Å²) in [5.41, 5.74) is 2.38. The lowest BCUT2D eigenvalue weighted by Gasteiger charge is -2.37. The summed E-state index contributed by atoms with van der Waals surface area (Å²) < 4.78 is 20.6. The highest BCUT2D eigenvalue weighted by molar-refractivity contribution is 5.83. The maximum absolute atomic E-state index is 15.3. The molecule has 33 heavy (non-hydrogen) atoms. The summed E-state index contributed by atoms with van der Waals surface area (Å²) in [6, 6.07) is 11.1. The van der Waals surface area contributed by atoms with Crippen molar-refractivity contribution in [2.24, 2.45) is 11.8 Å². The molecule has 4 rings (SSSR count). The average molecular weight is 448 g/mol. The summed E-state index contributed by atoms with van der Waals surface area (Å²) in [6.07, 6.45) is 6.18. The third-order valence-electron chi connectivity index (χ3n) is 6.54. The van der Waals surface area contributed by atoms with E-state index < -0.39 is 6.17 Å². The van der Waals surface area contributed by atoms with Crippen molar-refractivity contribution in [1.82, 2.24) is 14.9 Å². The zero-order valence-electron chi connectivity index (χ0n) is 19.0. The quantitative estimate of drug-likeness (QED) is 0.544. The first-order valence-corrected chi connectivity index (χ1v) is 11.5. The Morgan fingerprint density at radius 1 is 1.18 bits per heavy atom. The lowest BCUT2D eigenvalue weighted by molar-refractivity contribution is 0.0708. The van der Waals surface area contributed by atoms with Gasteiger partial charge in [-0.2, -0.15) is 0 Å². The fourth-order valence-corrected chi connectivity index (χ4v) is 4.64. The minimum absolute atomic E-state index is 0.116. The van der Waals surface area contributed by atoms with Gasteiger partial charge >= 0.3 is 0 Å². The van der Waals surface area contributed by atoms with Gasteiger partial charge in [-0.05, 0) is 79.6 Å². The van der Waals surface area contributed by atoms with Crippen LogP contribution in [0.15, 0.2) is 55.0 Å². The van der Waals surface area contributed by atoms with Crippen LogP contribution in [0, 0.1) is 23.7 Å². The third kappa shape index (κ3) is 5.87. The minimum atomic E-state index is -1.08. The molecule has 2 aromatic heterocycles. The molecule has 5 nitrogen and oxygen atoms in total. The molecule has 0 amide bonds. The van der Waals surface area contributed by atoms with E-state index in [0.29, 0.717) is 30.2 Å². The molecule has 1 aliphatic heterocycles. The van der Waals surface area contributed by atoms with Gasteiger partial charge in [-0.15, -0.1) is 0 Å². The molecule has 3 heterocycles. The smallest absolute Gasteiger partial charge is 0.126 e. The molecule has 172 valence electrons. The Bertz CT molecular complexity index is 1110. The summed E-state index contributed by atoms with van der Waals surface area (Å²) in [5, 5.41) is 10.8. The second-order valence-electron chi connectivity index (χ2n) is 8.59. The number of fused-ring (bicyclic) bond motifs is 1. The number of aliphatic hydroxyl groups excluding tert-OH is 1. The molecule has 1 fully saturated rings. The van der Waals surface area contributed by atoms with Crippen LogP contribution in [-0.2, 0) is 0 Å². The van der Waals surface area contributed by atoms with Gasteiger partial charge < -0.3 is 9.84 Å². The molecule has 0 bridgehead atoms. The number of benzene rings is 1. The first-order chi connectivity index (χ1) is 16.2. The Balaban J connectivity index is 1.34. The maximum Gasteiger partial charge on any atom is 0.126 e. The van der Waals surface area contributed by atoms with E-state index in [4.69, 9.17) is 4.74 Å². The van der Waals surface area contributed by atoms with Crippen molar-refractivity contribution < 1.29 is 14.2 Å². The summed E-state index contributed by atoms with van der Waals surface area (Å²) >= 11 is 0. The van der Waals surface area contributed by atoms with Crippen LogP contribution in [0.4, 0.5) is 4.39 Å². The lowest BCUT2D eigenvalue weighted by atomic mass is 9.81. The molecular weight excluding hydrogens is 417 g/mol. The Labute approximate surface area is 194 Å². The molecule has 0 saturated carbocycles. The van der Waals surface area contributed by atoms with Gasteiger partial charge in [0.05, 0.1) is 19.2 Å².